The van der Waals surface area contributed by atoms with Gasteiger partial charge in [-0.05, 0) is 58.3 Å². The number of thiol groups is 1. The predicted molar refractivity (Wildman–Crippen MR) is 233 cm³/mol. The van der Waals surface area contributed by atoms with Gasteiger partial charge in [-0.3, -0.25) is 4.79 Å². The number of aliphatic hydroxyl groups is 2. The molecule has 0 aliphatic rings. The van der Waals surface area contributed by atoms with E-state index in [0.717, 1.165) is 64.1 Å². The molecule has 2 radical (unpaired) electrons. The maximum Gasteiger partial charge on any atom is 0.205 e. The summed E-state index contributed by atoms with van der Waals surface area (Å²) in [6.07, 6.45) is 22.1. The van der Waals surface area contributed by atoms with E-state index in [1.807, 2.05) is 0 Å². The molecule has 4 nitrogen and oxygen atoms in total. The molecule has 10 heteroatoms. The van der Waals surface area contributed by atoms with Crippen LogP contribution in [0.25, 0.3) is 0 Å². The van der Waals surface area contributed by atoms with Gasteiger partial charge in [0.05, 0.1) is 0 Å². The molecule has 0 aromatic heterocycles. The number of hydrogen-bond donors (Lipinski definition) is 2. The quantitative estimate of drug-likeness (QED) is 0.0307. The molecule has 0 spiro atoms. The van der Waals surface area contributed by atoms with Crippen molar-refractivity contribution in [2.45, 2.75) is 203 Å². The van der Waals surface area contributed by atoms with E-state index in [4.69, 9.17) is 11.5 Å². The third-order valence-electron chi connectivity index (χ3n) is 5.72. The summed E-state index contributed by atoms with van der Waals surface area (Å²) >= 11 is 0. The fourth-order valence-electron chi connectivity index (χ4n) is 3.00. The first-order chi connectivity index (χ1) is 21.5. The first kappa shape index (κ1) is 76.5. The van der Waals surface area contributed by atoms with Crippen LogP contribution in [0.5, 0.6) is 0 Å². The van der Waals surface area contributed by atoms with Crippen molar-refractivity contribution in [3.63, 3.8) is 0 Å². The number of terminal acetylenes is 1. The molecule has 296 valence electrons. The molecule has 0 heterocycles. The third-order valence-corrected chi connectivity index (χ3v) is 7.48. The molecular formula is C41H79O4S2Si2Y2-3. The third kappa shape index (κ3) is 99.9. The van der Waals surface area contributed by atoms with Crippen molar-refractivity contribution >= 4 is 55.2 Å². The number of unbranched alkanes of at least 4 members (excludes halogenated alkanes) is 9. The molecule has 0 aliphatic heterocycles. The standard InChI is InChI=1S/C11H22OSi.C9H16O.C9H14O.C6H12O.C5H10Si.CH4.H2S.S.2Y/c1-5-6-7-8-11(12)9-10-13(2,3)4;2*1-3-5-6-8-9(10)7-4-2;1-2-3-4-5-6-7;1-5-6(2,3)4;;;;;/h11-12H,5-8H2,1-4H3;9-10H,3,5-6,8H2,1-2H3;3,5-6,8H2,1-2H3;6H,2-5H2,1H3;1H,2-4H3;1H4;1H2;;;/q;;;;;;;-2;;/p-1. The van der Waals surface area contributed by atoms with Crippen LogP contribution in [0.2, 0.25) is 39.3 Å². The van der Waals surface area contributed by atoms with Crippen LogP contribution in [-0.2, 0) is 102 Å². The molecule has 51 heavy (non-hydrogen) atoms. The summed E-state index contributed by atoms with van der Waals surface area (Å²) in [7, 11) is -2.39. The average molecular weight is 934 g/mol. The summed E-state index contributed by atoms with van der Waals surface area (Å²) in [5.74, 6) is 13.5. The Kier molecular flexibility index (Phi) is 90.2. The molecule has 0 rings (SSSR count). The second-order valence-electron chi connectivity index (χ2n) is 13.2. The average Bonchev–Trinajstić information content (AvgIpc) is 2.98. The number of hydrogen-bond acceptors (Lipinski definition) is 5. The first-order valence-corrected chi connectivity index (χ1v) is 24.7. The molecule has 2 atom stereocenters. The summed E-state index contributed by atoms with van der Waals surface area (Å²) in [4.78, 5) is 20.4. The minimum atomic E-state index is -1.29. The van der Waals surface area contributed by atoms with Crippen LogP contribution in [0.1, 0.15) is 152 Å². The molecule has 0 bridgehead atoms. The number of carbonyl (C=O) groups excluding carboxylic acids is 2. The monoisotopic (exact) mass is 933 g/mol. The SMILES string of the molecule is C.C#C[Si](C)(C)C.CC#CC(=O)CCCCC.CC#CC(O)CCCCC.CCCCCC(O)C#C[Si](C)(C)C.CCCCCC=O.[S-2].[SH-].[Y].[Y]. The molecule has 0 aromatic rings. The second kappa shape index (κ2) is 60.1. The Hall–Kier alpha value is 0.842. The van der Waals surface area contributed by atoms with Crippen molar-refractivity contribution in [2.75, 3.05) is 0 Å². The number of aliphatic hydroxyl groups excluding tert-OH is 2. The minimum Gasteiger partial charge on any atom is -2.00 e. The largest absolute Gasteiger partial charge is 2.00 e. The molecule has 2 unspecified atom stereocenters. The molecule has 0 amide bonds. The van der Waals surface area contributed by atoms with Gasteiger partial charge in [0.25, 0.3) is 0 Å². The van der Waals surface area contributed by atoms with E-state index in [1.165, 1.54) is 38.5 Å². The summed E-state index contributed by atoms with van der Waals surface area (Å²) in [6, 6.07) is 0. The number of aldehydes is 1. The van der Waals surface area contributed by atoms with Gasteiger partial charge in [-0.2, -0.15) is 0 Å². The maximum absolute atomic E-state index is 10.7. The van der Waals surface area contributed by atoms with Gasteiger partial charge < -0.3 is 42.0 Å². The fourth-order valence-corrected chi connectivity index (χ4v) is 3.60. The second-order valence-corrected chi connectivity index (χ2v) is 22.8. The summed E-state index contributed by atoms with van der Waals surface area (Å²) in [5, 5.41) is 18.6. The van der Waals surface area contributed by atoms with Gasteiger partial charge in [-0.25, -0.2) is 0 Å². The summed E-state index contributed by atoms with van der Waals surface area (Å²) in [5.41, 5.74) is 5.93. The Morgan fingerprint density at radius 1 is 0.686 bits per heavy atom. The number of ketones is 1. The van der Waals surface area contributed by atoms with Crippen LogP contribution >= 0.6 is 0 Å². The molecule has 0 saturated carbocycles. The minimum absolute atomic E-state index is 0. The van der Waals surface area contributed by atoms with E-state index in [-0.39, 0.29) is 106 Å². The number of rotatable bonds is 16. The molecule has 0 saturated heterocycles. The Morgan fingerprint density at radius 2 is 1.06 bits per heavy atom. The Bertz CT molecular complexity index is 928. The van der Waals surface area contributed by atoms with E-state index in [1.54, 1.807) is 13.8 Å². The van der Waals surface area contributed by atoms with Gasteiger partial charge in [0.1, 0.15) is 34.6 Å². The number of Topliss-reactive ketones (excluding diaryl/α,β-unsaturated/α-hetero) is 1. The zero-order valence-corrected chi connectivity index (χ0v) is 43.7. The topological polar surface area (TPSA) is 74.6 Å². The van der Waals surface area contributed by atoms with E-state index >= 15 is 0 Å². The van der Waals surface area contributed by atoms with Gasteiger partial charge in [-0.15, -0.1) is 23.4 Å². The van der Waals surface area contributed by atoms with E-state index in [9.17, 15) is 14.7 Å². The van der Waals surface area contributed by atoms with Crippen molar-refractivity contribution in [2.24, 2.45) is 0 Å². The predicted octanol–water partition coefficient (Wildman–Crippen LogP) is 10.5. The molecule has 0 fully saturated rings. The summed E-state index contributed by atoms with van der Waals surface area (Å²) in [6.45, 7) is 25.0. The van der Waals surface area contributed by atoms with Gasteiger partial charge in [0.15, 0.2) is 0 Å². The van der Waals surface area contributed by atoms with Crippen LogP contribution in [0.15, 0.2) is 0 Å². The first-order valence-electron chi connectivity index (χ1n) is 17.7. The zero-order valence-electron chi connectivity index (χ0n) is 34.3. The van der Waals surface area contributed by atoms with Crippen molar-refractivity contribution in [1.29, 1.82) is 0 Å². The van der Waals surface area contributed by atoms with Crippen LogP contribution in [0, 0.1) is 47.1 Å². The Labute approximate surface area is 386 Å². The maximum atomic E-state index is 10.7. The van der Waals surface area contributed by atoms with Crippen LogP contribution in [0.4, 0.5) is 0 Å². The molecular weight excluding hydrogens is 855 g/mol. The van der Waals surface area contributed by atoms with Crippen molar-refractivity contribution in [3.8, 4) is 47.1 Å². The molecule has 0 aliphatic carbocycles. The van der Waals surface area contributed by atoms with E-state index in [0.29, 0.717) is 6.42 Å². The van der Waals surface area contributed by atoms with Crippen molar-refractivity contribution < 1.29 is 85.2 Å². The van der Waals surface area contributed by atoms with Crippen LogP contribution < -0.4 is 0 Å². The fraction of sp³-hybridized carbons (Fsp3) is 0.756. The Morgan fingerprint density at radius 3 is 1.37 bits per heavy atom. The normalized spacial score (nSPS) is 9.75. The van der Waals surface area contributed by atoms with Crippen molar-refractivity contribution in [1.82, 2.24) is 0 Å². The van der Waals surface area contributed by atoms with Gasteiger partial charge in [-0.1, -0.05) is 144 Å². The van der Waals surface area contributed by atoms with Gasteiger partial charge in [0.2, 0.25) is 5.78 Å². The molecule has 0 aromatic carbocycles. The van der Waals surface area contributed by atoms with E-state index < -0.39 is 28.4 Å². The van der Waals surface area contributed by atoms with E-state index in [2.05, 4.69) is 108 Å². The summed E-state index contributed by atoms with van der Waals surface area (Å²) < 4.78 is 0. The van der Waals surface area contributed by atoms with Crippen LogP contribution in [0.3, 0.4) is 0 Å². The van der Waals surface area contributed by atoms with Gasteiger partial charge >= 0.3 is 0 Å². The van der Waals surface area contributed by atoms with Crippen molar-refractivity contribution in [3.05, 3.63) is 0 Å². The van der Waals surface area contributed by atoms with Crippen LogP contribution in [-0.4, -0.2) is 50.6 Å². The number of carbonyl (C=O) groups is 2. The zero-order chi connectivity index (χ0) is 36.7. The van der Waals surface area contributed by atoms with Gasteiger partial charge in [0, 0.05) is 78.3 Å². The smallest absolute Gasteiger partial charge is 0.205 e. The Balaban J connectivity index is -0.0000000514. The molecule has 2 N–H and O–H groups in total.